The lowest BCUT2D eigenvalue weighted by Gasteiger charge is -2.04. The molecule has 3 nitrogen and oxygen atoms in total. The fraction of sp³-hybridized carbons (Fsp3) is 0. The number of nitrogens with one attached hydrogen (secondary N) is 1. The van der Waals surface area contributed by atoms with Gasteiger partial charge in [0.15, 0.2) is 0 Å². The van der Waals surface area contributed by atoms with E-state index >= 15 is 0 Å². The van der Waals surface area contributed by atoms with Gasteiger partial charge in [-0.25, -0.2) is 0 Å². The molecular weight excluding hydrogens is 268 g/mol. The first kappa shape index (κ1) is 12.6. The second-order valence-corrected chi connectivity index (χ2v) is 5.18. The van der Waals surface area contributed by atoms with E-state index in [2.05, 4.69) is 10.3 Å². The normalized spacial score (nSPS) is 10.2. The summed E-state index contributed by atoms with van der Waals surface area (Å²) in [5.41, 5.74) is 2.45. The van der Waals surface area contributed by atoms with Crippen molar-refractivity contribution in [3.63, 3.8) is 0 Å². The number of hydrogen-bond acceptors (Lipinski definition) is 3. The Kier molecular flexibility index (Phi) is 3.56. The van der Waals surface area contributed by atoms with Crippen LogP contribution in [0.3, 0.4) is 0 Å². The van der Waals surface area contributed by atoms with E-state index in [1.807, 2.05) is 53.9 Å². The zero-order valence-electron chi connectivity index (χ0n) is 10.6. The highest BCUT2D eigenvalue weighted by molar-refractivity contribution is 7.14. The van der Waals surface area contributed by atoms with Gasteiger partial charge in [-0.1, -0.05) is 30.3 Å². The molecule has 0 radical (unpaired) electrons. The van der Waals surface area contributed by atoms with Crippen molar-refractivity contribution in [1.29, 1.82) is 0 Å². The standard InChI is InChI=1S/C16H12N2OS/c19-16(18-15-7-4-10-20-15)13-8-9-14(17-11-13)12-5-2-1-3-6-12/h1-11H,(H,18,19). The molecule has 98 valence electrons. The molecule has 0 saturated carbocycles. The van der Waals surface area contributed by atoms with E-state index in [0.29, 0.717) is 5.56 Å². The molecule has 1 N–H and O–H groups in total. The van der Waals surface area contributed by atoms with Crippen LogP contribution in [0.2, 0.25) is 0 Å². The van der Waals surface area contributed by atoms with Crippen molar-refractivity contribution >= 4 is 22.2 Å². The van der Waals surface area contributed by atoms with Gasteiger partial charge < -0.3 is 5.32 Å². The molecule has 0 aliphatic carbocycles. The molecule has 0 bridgehead atoms. The largest absolute Gasteiger partial charge is 0.314 e. The number of carbonyl (C=O) groups excluding carboxylic acids is 1. The number of rotatable bonds is 3. The third-order valence-corrected chi connectivity index (χ3v) is 3.64. The Morgan fingerprint density at radius 2 is 1.85 bits per heavy atom. The quantitative estimate of drug-likeness (QED) is 0.786. The number of anilines is 1. The van der Waals surface area contributed by atoms with Gasteiger partial charge in [-0.2, -0.15) is 0 Å². The molecular formula is C16H12N2OS. The van der Waals surface area contributed by atoms with Gasteiger partial charge in [-0.3, -0.25) is 9.78 Å². The molecule has 0 atom stereocenters. The predicted octanol–water partition coefficient (Wildman–Crippen LogP) is 4.06. The van der Waals surface area contributed by atoms with Gasteiger partial charge in [-0.15, -0.1) is 11.3 Å². The molecule has 20 heavy (non-hydrogen) atoms. The molecule has 4 heteroatoms. The van der Waals surface area contributed by atoms with Crippen molar-refractivity contribution in [2.75, 3.05) is 5.32 Å². The Bertz CT molecular complexity index is 691. The molecule has 0 fully saturated rings. The molecule has 0 spiro atoms. The molecule has 3 rings (SSSR count). The number of thiophene rings is 1. The Balaban J connectivity index is 1.78. The Morgan fingerprint density at radius 3 is 2.50 bits per heavy atom. The molecule has 0 aliphatic heterocycles. The van der Waals surface area contributed by atoms with Crippen LogP contribution in [0.25, 0.3) is 11.3 Å². The molecule has 0 aliphatic rings. The summed E-state index contributed by atoms with van der Waals surface area (Å²) in [6, 6.07) is 17.3. The summed E-state index contributed by atoms with van der Waals surface area (Å²) in [6.45, 7) is 0. The molecule has 0 saturated heterocycles. The second kappa shape index (κ2) is 5.67. The van der Waals surface area contributed by atoms with Crippen LogP contribution in [0, 0.1) is 0 Å². The van der Waals surface area contributed by atoms with E-state index in [0.717, 1.165) is 16.3 Å². The van der Waals surface area contributed by atoms with E-state index in [4.69, 9.17) is 0 Å². The van der Waals surface area contributed by atoms with Crippen LogP contribution in [0.15, 0.2) is 66.2 Å². The van der Waals surface area contributed by atoms with Crippen molar-refractivity contribution in [3.05, 3.63) is 71.7 Å². The summed E-state index contributed by atoms with van der Waals surface area (Å²) in [5.74, 6) is -0.139. The van der Waals surface area contributed by atoms with Crippen molar-refractivity contribution < 1.29 is 4.79 Å². The molecule has 2 aromatic heterocycles. The van der Waals surface area contributed by atoms with E-state index in [9.17, 15) is 4.79 Å². The summed E-state index contributed by atoms with van der Waals surface area (Å²) in [5, 5.41) is 5.60. The number of carbonyl (C=O) groups is 1. The maximum atomic E-state index is 12.0. The van der Waals surface area contributed by atoms with Gasteiger partial charge in [0, 0.05) is 11.8 Å². The Morgan fingerprint density at radius 1 is 1.00 bits per heavy atom. The molecule has 2 heterocycles. The smallest absolute Gasteiger partial charge is 0.257 e. The number of nitrogens with zero attached hydrogens (tertiary/aromatic N) is 1. The van der Waals surface area contributed by atoms with Gasteiger partial charge in [0.25, 0.3) is 5.91 Å². The molecule has 1 amide bonds. The van der Waals surface area contributed by atoms with Crippen molar-refractivity contribution in [2.45, 2.75) is 0 Å². The number of benzene rings is 1. The summed E-state index contributed by atoms with van der Waals surface area (Å²) in [4.78, 5) is 16.4. The average Bonchev–Trinajstić information content (AvgIpc) is 3.01. The van der Waals surface area contributed by atoms with Crippen LogP contribution in [-0.4, -0.2) is 10.9 Å². The monoisotopic (exact) mass is 280 g/mol. The number of amides is 1. The van der Waals surface area contributed by atoms with E-state index in [1.54, 1.807) is 12.3 Å². The van der Waals surface area contributed by atoms with Crippen LogP contribution < -0.4 is 5.32 Å². The van der Waals surface area contributed by atoms with E-state index in [-0.39, 0.29) is 5.91 Å². The number of aromatic nitrogens is 1. The first-order chi connectivity index (χ1) is 9.83. The van der Waals surface area contributed by atoms with Gasteiger partial charge in [-0.05, 0) is 29.6 Å². The number of pyridine rings is 1. The Hall–Kier alpha value is -2.46. The maximum Gasteiger partial charge on any atom is 0.257 e. The maximum absolute atomic E-state index is 12.0. The molecule has 1 aromatic carbocycles. The summed E-state index contributed by atoms with van der Waals surface area (Å²) < 4.78 is 0. The highest BCUT2D eigenvalue weighted by atomic mass is 32.1. The van der Waals surface area contributed by atoms with E-state index < -0.39 is 0 Å². The van der Waals surface area contributed by atoms with Crippen molar-refractivity contribution in [1.82, 2.24) is 4.98 Å². The topological polar surface area (TPSA) is 42.0 Å². The van der Waals surface area contributed by atoms with Gasteiger partial charge >= 0.3 is 0 Å². The van der Waals surface area contributed by atoms with Crippen LogP contribution in [0.5, 0.6) is 0 Å². The predicted molar refractivity (Wildman–Crippen MR) is 81.9 cm³/mol. The third-order valence-electron chi connectivity index (χ3n) is 2.85. The first-order valence-electron chi connectivity index (χ1n) is 6.19. The van der Waals surface area contributed by atoms with Gasteiger partial charge in [0.05, 0.1) is 16.3 Å². The lowest BCUT2D eigenvalue weighted by Crippen LogP contribution is -2.11. The minimum Gasteiger partial charge on any atom is -0.314 e. The minimum absolute atomic E-state index is 0.139. The highest BCUT2D eigenvalue weighted by Crippen LogP contribution is 2.18. The van der Waals surface area contributed by atoms with E-state index in [1.165, 1.54) is 11.3 Å². The zero-order chi connectivity index (χ0) is 13.8. The zero-order valence-corrected chi connectivity index (χ0v) is 11.4. The minimum atomic E-state index is -0.139. The van der Waals surface area contributed by atoms with Gasteiger partial charge in [0.2, 0.25) is 0 Å². The summed E-state index contributed by atoms with van der Waals surface area (Å²) in [7, 11) is 0. The lowest BCUT2D eigenvalue weighted by molar-refractivity contribution is 0.102. The van der Waals surface area contributed by atoms with Crippen LogP contribution in [-0.2, 0) is 0 Å². The van der Waals surface area contributed by atoms with Crippen LogP contribution in [0.1, 0.15) is 10.4 Å². The van der Waals surface area contributed by atoms with Gasteiger partial charge in [0.1, 0.15) is 0 Å². The summed E-state index contributed by atoms with van der Waals surface area (Å²) in [6.07, 6.45) is 1.60. The van der Waals surface area contributed by atoms with Crippen molar-refractivity contribution in [2.24, 2.45) is 0 Å². The van der Waals surface area contributed by atoms with Crippen LogP contribution in [0.4, 0.5) is 5.00 Å². The fourth-order valence-corrected chi connectivity index (χ4v) is 2.45. The fourth-order valence-electron chi connectivity index (χ4n) is 1.84. The van der Waals surface area contributed by atoms with Crippen molar-refractivity contribution in [3.8, 4) is 11.3 Å². The third kappa shape index (κ3) is 2.75. The average molecular weight is 280 g/mol. The SMILES string of the molecule is O=C(Nc1cccs1)c1ccc(-c2ccccc2)nc1. The molecule has 3 aromatic rings. The second-order valence-electron chi connectivity index (χ2n) is 4.23. The van der Waals surface area contributed by atoms with Crippen LogP contribution >= 0.6 is 11.3 Å². The summed E-state index contributed by atoms with van der Waals surface area (Å²) >= 11 is 1.49. The Labute approximate surface area is 120 Å². The highest BCUT2D eigenvalue weighted by Gasteiger charge is 2.07. The molecule has 0 unspecified atom stereocenters. The lowest BCUT2D eigenvalue weighted by atomic mass is 10.1. The first-order valence-corrected chi connectivity index (χ1v) is 7.07. The number of hydrogen-bond donors (Lipinski definition) is 1.